The Hall–Kier alpha value is -4.70. The van der Waals surface area contributed by atoms with Crippen LogP contribution in [0.15, 0.2) is 24.5 Å². The molecule has 5 heterocycles. The second-order valence-corrected chi connectivity index (χ2v) is 14.2. The lowest BCUT2D eigenvalue weighted by atomic mass is 10.0. The molecular weight excluding hydrogens is 743 g/mol. The molecule has 2 fully saturated rings. The third-order valence-electron chi connectivity index (χ3n) is 8.99. The molecule has 4 amide bonds. The number of alkyl carbamates (subject to hydrolysis) is 2. The molecule has 53 heavy (non-hydrogen) atoms. The van der Waals surface area contributed by atoms with Crippen molar-refractivity contribution in [3.05, 3.63) is 46.7 Å². The third kappa shape index (κ3) is 10.3. The molecule has 2 aliphatic rings. The van der Waals surface area contributed by atoms with Gasteiger partial charge >= 0.3 is 12.2 Å². The second kappa shape index (κ2) is 19.4. The number of rotatable bonds is 9. The maximum atomic E-state index is 13.5. The zero-order chi connectivity index (χ0) is 36.7. The Labute approximate surface area is 325 Å². The highest BCUT2D eigenvalue weighted by atomic mass is 35.5. The Bertz CT molecular complexity index is 1870. The van der Waals surface area contributed by atoms with Crippen LogP contribution >= 0.6 is 36.2 Å². The number of nitrogens with zero attached hydrogens (tertiary/aromatic N) is 4. The lowest BCUT2D eigenvalue weighted by Gasteiger charge is -2.30. The van der Waals surface area contributed by atoms with Crippen LogP contribution < -0.4 is 10.6 Å². The van der Waals surface area contributed by atoms with Gasteiger partial charge in [0.05, 0.1) is 54.1 Å². The van der Waals surface area contributed by atoms with E-state index in [1.165, 1.54) is 25.6 Å². The predicted molar refractivity (Wildman–Crippen MR) is 204 cm³/mol. The van der Waals surface area contributed by atoms with Crippen molar-refractivity contribution >= 4 is 60.2 Å². The van der Waals surface area contributed by atoms with E-state index < -0.39 is 24.3 Å². The van der Waals surface area contributed by atoms with E-state index in [1.807, 2.05) is 39.8 Å². The second-order valence-electron chi connectivity index (χ2n) is 13.1. The fourth-order valence-electron chi connectivity index (χ4n) is 6.33. The summed E-state index contributed by atoms with van der Waals surface area (Å²) in [4.78, 5) is 71.6. The zero-order valence-corrected chi connectivity index (χ0v) is 32.9. The molecule has 286 valence electrons. The maximum Gasteiger partial charge on any atom is 0.407 e. The molecule has 0 aliphatic carbocycles. The lowest BCUT2D eigenvalue weighted by molar-refractivity contribution is -0.136. The Morgan fingerprint density at radius 3 is 1.83 bits per heavy atom. The number of ether oxygens (including phenoxy) is 2. The number of imidazole rings is 2. The highest BCUT2D eigenvalue weighted by Crippen LogP contribution is 2.34. The van der Waals surface area contributed by atoms with E-state index in [-0.39, 0.29) is 60.5 Å². The first kappa shape index (κ1) is 42.7. The van der Waals surface area contributed by atoms with Crippen LogP contribution in [0.1, 0.15) is 87.7 Å². The zero-order valence-electron chi connectivity index (χ0n) is 30.5. The van der Waals surface area contributed by atoms with Gasteiger partial charge in [0, 0.05) is 13.1 Å². The standard InChI is InChI=1S/C36H44N8O6S.2ClH/c1-21(2)29(41-35(47)49-5)33(45)43-17-9-13-26(43)31-37-19-23(39-31)11-7-8-12-24-15-16-28(51-24)25-20-38-32(40-25)27-14-10-18-44(27)34(46)30(22(3)4)42-36(48)50-6;;/h15-16,19-22,26-27,29-30H,9-10,13-14,17-18H2,1-6H3,(H,37,39)(H,38,40)(H,41,47)(H,42,48);2*1H/t26?,27?,29-,30?;;/m0../s1. The summed E-state index contributed by atoms with van der Waals surface area (Å²) in [6.07, 6.45) is 5.29. The first-order valence-electron chi connectivity index (χ1n) is 17.0. The molecule has 0 spiro atoms. The van der Waals surface area contributed by atoms with Crippen LogP contribution in [0.3, 0.4) is 0 Å². The number of hydrogen-bond acceptors (Lipinski definition) is 9. The first-order valence-corrected chi connectivity index (χ1v) is 17.8. The van der Waals surface area contributed by atoms with Gasteiger partial charge in [-0.3, -0.25) is 9.59 Å². The van der Waals surface area contributed by atoms with Gasteiger partial charge in [0.2, 0.25) is 11.8 Å². The fourth-order valence-corrected chi connectivity index (χ4v) is 7.15. The molecule has 4 atom stereocenters. The van der Waals surface area contributed by atoms with Gasteiger partial charge in [0.25, 0.3) is 0 Å². The number of aromatic nitrogens is 4. The van der Waals surface area contributed by atoms with Crippen molar-refractivity contribution in [1.82, 2.24) is 40.4 Å². The molecule has 4 N–H and O–H groups in total. The molecule has 2 saturated heterocycles. The van der Waals surface area contributed by atoms with Gasteiger partial charge in [-0.05, 0) is 73.3 Å². The number of thiophene rings is 1. The van der Waals surface area contributed by atoms with Crippen molar-refractivity contribution in [1.29, 1.82) is 0 Å². The van der Waals surface area contributed by atoms with E-state index in [0.717, 1.165) is 41.1 Å². The van der Waals surface area contributed by atoms with Gasteiger partial charge in [0.15, 0.2) is 0 Å². The van der Waals surface area contributed by atoms with E-state index >= 15 is 0 Å². The van der Waals surface area contributed by atoms with E-state index in [0.29, 0.717) is 30.4 Å². The minimum Gasteiger partial charge on any atom is -0.453 e. The Morgan fingerprint density at radius 2 is 1.30 bits per heavy atom. The number of halogens is 2. The number of carbonyl (C=O) groups is 4. The molecule has 0 bridgehead atoms. The van der Waals surface area contributed by atoms with Crippen LogP contribution in [-0.2, 0) is 19.1 Å². The number of amides is 4. The quantitative estimate of drug-likeness (QED) is 0.214. The van der Waals surface area contributed by atoms with E-state index in [1.54, 1.807) is 22.2 Å². The summed E-state index contributed by atoms with van der Waals surface area (Å²) in [5.74, 6) is 12.7. The highest BCUT2D eigenvalue weighted by Gasteiger charge is 2.39. The number of likely N-dealkylation sites (tertiary alicyclic amines) is 2. The summed E-state index contributed by atoms with van der Waals surface area (Å²) in [6.45, 7) is 8.68. The normalized spacial score (nSPS) is 17.4. The minimum absolute atomic E-state index is 0. The molecule has 14 nitrogen and oxygen atoms in total. The number of carbonyl (C=O) groups excluding carboxylic acids is 4. The number of hydrogen-bond donors (Lipinski definition) is 4. The van der Waals surface area contributed by atoms with Crippen LogP contribution in [0.5, 0.6) is 0 Å². The summed E-state index contributed by atoms with van der Waals surface area (Å²) >= 11 is 1.50. The van der Waals surface area contributed by atoms with Gasteiger partial charge in [-0.2, -0.15) is 0 Å². The number of methoxy groups -OCH3 is 2. The van der Waals surface area contributed by atoms with Crippen LogP contribution in [0.2, 0.25) is 0 Å². The minimum atomic E-state index is -0.704. The molecule has 0 saturated carbocycles. The van der Waals surface area contributed by atoms with Gasteiger partial charge in [-0.1, -0.05) is 27.7 Å². The average Bonchev–Trinajstić information content (AvgIpc) is 3.95. The monoisotopic (exact) mass is 788 g/mol. The molecule has 0 aromatic carbocycles. The summed E-state index contributed by atoms with van der Waals surface area (Å²) < 4.78 is 9.44. The van der Waals surface area contributed by atoms with Crippen molar-refractivity contribution in [2.45, 2.75) is 77.5 Å². The molecule has 3 aromatic rings. The van der Waals surface area contributed by atoms with Gasteiger partial charge in [0.1, 0.15) is 29.4 Å². The van der Waals surface area contributed by atoms with Gasteiger partial charge in [-0.15, -0.1) is 36.2 Å². The number of aromatic amines is 2. The van der Waals surface area contributed by atoms with Crippen molar-refractivity contribution in [3.63, 3.8) is 0 Å². The van der Waals surface area contributed by atoms with Crippen molar-refractivity contribution in [2.75, 3.05) is 27.3 Å². The Kier molecular flexibility index (Phi) is 15.6. The van der Waals surface area contributed by atoms with E-state index in [9.17, 15) is 19.2 Å². The molecular formula is C36H46Cl2N8O6S. The van der Waals surface area contributed by atoms with Crippen LogP contribution in [-0.4, -0.2) is 93.1 Å². The average molecular weight is 790 g/mol. The van der Waals surface area contributed by atoms with Crippen LogP contribution in [0.4, 0.5) is 9.59 Å². The number of H-pyrrole nitrogens is 2. The summed E-state index contributed by atoms with van der Waals surface area (Å²) in [5.41, 5.74) is 1.41. The smallest absolute Gasteiger partial charge is 0.407 e. The third-order valence-corrected chi connectivity index (χ3v) is 10.0. The van der Waals surface area contributed by atoms with Crippen LogP contribution in [0, 0.1) is 35.5 Å². The largest absolute Gasteiger partial charge is 0.453 e. The molecule has 0 radical (unpaired) electrons. The van der Waals surface area contributed by atoms with Crippen molar-refractivity contribution in [2.24, 2.45) is 11.8 Å². The SMILES string of the molecule is COC(=O)NC(C(=O)N1CCCC1c1ncc(-c2ccc(C#CC#Cc3cnc(C4CCCN4C(=O)[C@@H](NC(=O)OC)C(C)C)[nH]3)s2)[nH]1)C(C)C.Cl.Cl. The molecule has 2 aliphatic heterocycles. The molecule has 17 heteroatoms. The fraction of sp³-hybridized carbons (Fsp3) is 0.500. The molecule has 5 rings (SSSR count). The van der Waals surface area contributed by atoms with E-state index in [4.69, 9.17) is 9.47 Å². The van der Waals surface area contributed by atoms with Crippen molar-refractivity contribution in [3.8, 4) is 34.3 Å². The summed E-state index contributed by atoms with van der Waals surface area (Å²) in [7, 11) is 2.55. The van der Waals surface area contributed by atoms with Gasteiger partial charge < -0.3 is 39.9 Å². The highest BCUT2D eigenvalue weighted by molar-refractivity contribution is 7.16. The van der Waals surface area contributed by atoms with Gasteiger partial charge in [-0.25, -0.2) is 19.6 Å². The van der Waals surface area contributed by atoms with Crippen LogP contribution in [0.25, 0.3) is 10.6 Å². The van der Waals surface area contributed by atoms with E-state index in [2.05, 4.69) is 54.3 Å². The first-order chi connectivity index (χ1) is 24.5. The molecule has 3 aromatic heterocycles. The summed E-state index contributed by atoms with van der Waals surface area (Å²) in [5, 5.41) is 5.33. The predicted octanol–water partition coefficient (Wildman–Crippen LogP) is 5.20. The summed E-state index contributed by atoms with van der Waals surface area (Å²) in [6, 6.07) is 2.02. The Morgan fingerprint density at radius 1 is 0.792 bits per heavy atom. The van der Waals surface area contributed by atoms with Crippen molar-refractivity contribution < 1.29 is 28.7 Å². The topological polar surface area (TPSA) is 175 Å². The lowest BCUT2D eigenvalue weighted by Crippen LogP contribution is -2.51. The molecule has 3 unspecified atom stereocenters. The maximum absolute atomic E-state index is 13.5. The Balaban J connectivity index is 0.00000378. The number of nitrogens with one attached hydrogen (secondary N) is 4.